The van der Waals surface area contributed by atoms with Crippen LogP contribution in [0.4, 0.5) is 4.39 Å². The molecule has 1 aliphatic rings. The number of allylic oxidation sites excluding steroid dienone is 1. The van der Waals surface area contributed by atoms with Crippen molar-refractivity contribution in [2.45, 2.75) is 32.1 Å². The standard InChI is InChI=1S/C13H15F/c14-13(11-7-3-1-4-8-11)12-9-5-2-6-10-12/h1,3-4,7-8H,2,5-6,9-10H2. The molecule has 0 heterocycles. The second-order valence-corrected chi connectivity index (χ2v) is 3.84. The molecule has 1 saturated carbocycles. The zero-order valence-electron chi connectivity index (χ0n) is 8.30. The van der Waals surface area contributed by atoms with Crippen LogP contribution in [0.1, 0.15) is 37.7 Å². The van der Waals surface area contributed by atoms with E-state index in [9.17, 15) is 4.39 Å². The first kappa shape index (κ1) is 9.45. The lowest BCUT2D eigenvalue weighted by Crippen LogP contribution is -1.96. The van der Waals surface area contributed by atoms with Gasteiger partial charge in [0.15, 0.2) is 0 Å². The van der Waals surface area contributed by atoms with Crippen molar-refractivity contribution in [3.05, 3.63) is 41.5 Å². The molecule has 74 valence electrons. The van der Waals surface area contributed by atoms with E-state index in [0.29, 0.717) is 0 Å². The average Bonchev–Trinajstić information content (AvgIpc) is 2.30. The van der Waals surface area contributed by atoms with Crippen LogP contribution in [0.25, 0.3) is 5.83 Å². The Labute approximate surface area is 84.5 Å². The molecule has 0 spiro atoms. The molecule has 0 nitrogen and oxygen atoms in total. The van der Waals surface area contributed by atoms with Gasteiger partial charge < -0.3 is 0 Å². The lowest BCUT2D eigenvalue weighted by atomic mass is 9.93. The molecule has 0 aromatic heterocycles. The summed E-state index contributed by atoms with van der Waals surface area (Å²) in [4.78, 5) is 0. The first-order valence-electron chi connectivity index (χ1n) is 5.31. The van der Waals surface area contributed by atoms with Crippen molar-refractivity contribution in [1.29, 1.82) is 0 Å². The molecule has 1 aromatic rings. The molecule has 0 atom stereocenters. The Morgan fingerprint density at radius 1 is 0.929 bits per heavy atom. The molecule has 0 radical (unpaired) electrons. The van der Waals surface area contributed by atoms with Gasteiger partial charge in [-0.2, -0.15) is 0 Å². The topological polar surface area (TPSA) is 0 Å². The van der Waals surface area contributed by atoms with Crippen molar-refractivity contribution >= 4 is 5.83 Å². The molecule has 1 fully saturated rings. The predicted octanol–water partition coefficient (Wildman–Crippen LogP) is 4.33. The highest BCUT2D eigenvalue weighted by Crippen LogP contribution is 2.31. The maximum Gasteiger partial charge on any atom is 0.129 e. The minimum Gasteiger partial charge on any atom is -0.206 e. The van der Waals surface area contributed by atoms with Crippen molar-refractivity contribution in [1.82, 2.24) is 0 Å². The number of hydrogen-bond acceptors (Lipinski definition) is 0. The maximum absolute atomic E-state index is 13.9. The number of halogens is 1. The van der Waals surface area contributed by atoms with E-state index in [4.69, 9.17) is 0 Å². The van der Waals surface area contributed by atoms with Crippen molar-refractivity contribution in [2.24, 2.45) is 0 Å². The molecule has 0 saturated heterocycles. The lowest BCUT2D eigenvalue weighted by molar-refractivity contribution is 0.585. The zero-order chi connectivity index (χ0) is 9.80. The third-order valence-electron chi connectivity index (χ3n) is 2.79. The Bertz CT molecular complexity index is 316. The highest BCUT2D eigenvalue weighted by Gasteiger charge is 2.12. The van der Waals surface area contributed by atoms with E-state index in [1.54, 1.807) is 0 Å². The van der Waals surface area contributed by atoms with Gasteiger partial charge in [0, 0.05) is 5.56 Å². The number of rotatable bonds is 1. The molecule has 0 unspecified atom stereocenters. The van der Waals surface area contributed by atoms with Crippen LogP contribution >= 0.6 is 0 Å². The molecule has 0 aliphatic heterocycles. The third kappa shape index (κ3) is 2.03. The van der Waals surface area contributed by atoms with Gasteiger partial charge in [-0.3, -0.25) is 0 Å². The van der Waals surface area contributed by atoms with Crippen LogP contribution < -0.4 is 0 Å². The Morgan fingerprint density at radius 2 is 1.57 bits per heavy atom. The molecule has 2 rings (SSSR count). The molecule has 1 aromatic carbocycles. The second-order valence-electron chi connectivity index (χ2n) is 3.84. The molecular weight excluding hydrogens is 175 g/mol. The Kier molecular flexibility index (Phi) is 2.97. The molecule has 0 amide bonds. The summed E-state index contributed by atoms with van der Waals surface area (Å²) >= 11 is 0. The molecule has 1 aliphatic carbocycles. The summed E-state index contributed by atoms with van der Waals surface area (Å²) in [5, 5.41) is 0. The van der Waals surface area contributed by atoms with E-state index < -0.39 is 0 Å². The third-order valence-corrected chi connectivity index (χ3v) is 2.79. The summed E-state index contributed by atoms with van der Waals surface area (Å²) in [6.07, 6.45) is 5.44. The summed E-state index contributed by atoms with van der Waals surface area (Å²) in [5.41, 5.74) is 1.76. The van der Waals surface area contributed by atoms with E-state index in [1.165, 1.54) is 6.42 Å². The van der Waals surface area contributed by atoms with E-state index in [-0.39, 0.29) is 5.83 Å². The Balaban J connectivity index is 2.25. The van der Waals surface area contributed by atoms with Crippen LogP contribution in [0.15, 0.2) is 35.9 Å². The van der Waals surface area contributed by atoms with Gasteiger partial charge >= 0.3 is 0 Å². The van der Waals surface area contributed by atoms with E-state index in [0.717, 1.165) is 36.8 Å². The SMILES string of the molecule is FC(=C1CCCCC1)c1ccccc1. The van der Waals surface area contributed by atoms with Gasteiger partial charge in [-0.1, -0.05) is 36.8 Å². The number of benzene rings is 1. The van der Waals surface area contributed by atoms with Crippen molar-refractivity contribution < 1.29 is 4.39 Å². The highest BCUT2D eigenvalue weighted by molar-refractivity contribution is 5.62. The summed E-state index contributed by atoms with van der Waals surface area (Å²) < 4.78 is 13.9. The summed E-state index contributed by atoms with van der Waals surface area (Å²) in [6, 6.07) is 9.38. The van der Waals surface area contributed by atoms with Crippen LogP contribution in [0.2, 0.25) is 0 Å². The van der Waals surface area contributed by atoms with E-state index in [2.05, 4.69) is 0 Å². The zero-order valence-corrected chi connectivity index (χ0v) is 8.30. The van der Waals surface area contributed by atoms with Crippen LogP contribution in [-0.2, 0) is 0 Å². The molecule has 14 heavy (non-hydrogen) atoms. The van der Waals surface area contributed by atoms with Crippen LogP contribution in [0.3, 0.4) is 0 Å². The normalized spacial score (nSPS) is 16.8. The summed E-state index contributed by atoms with van der Waals surface area (Å²) in [6.45, 7) is 0. The van der Waals surface area contributed by atoms with Gasteiger partial charge in [-0.25, -0.2) is 4.39 Å². The average molecular weight is 190 g/mol. The van der Waals surface area contributed by atoms with Crippen molar-refractivity contribution in [2.75, 3.05) is 0 Å². The van der Waals surface area contributed by atoms with Gasteiger partial charge in [-0.15, -0.1) is 0 Å². The fourth-order valence-electron chi connectivity index (χ4n) is 1.99. The Hall–Kier alpha value is -1.11. The molecular formula is C13H15F. The van der Waals surface area contributed by atoms with Gasteiger partial charge in [0.05, 0.1) is 0 Å². The molecule has 0 bridgehead atoms. The first-order chi connectivity index (χ1) is 6.88. The van der Waals surface area contributed by atoms with Crippen LogP contribution in [0, 0.1) is 0 Å². The van der Waals surface area contributed by atoms with Gasteiger partial charge in [0.1, 0.15) is 5.83 Å². The fraction of sp³-hybridized carbons (Fsp3) is 0.385. The van der Waals surface area contributed by atoms with Crippen LogP contribution in [-0.4, -0.2) is 0 Å². The summed E-state index contributed by atoms with van der Waals surface area (Å²) in [5.74, 6) is 0.0188. The van der Waals surface area contributed by atoms with E-state index >= 15 is 0 Å². The Morgan fingerprint density at radius 3 is 2.21 bits per heavy atom. The fourth-order valence-corrected chi connectivity index (χ4v) is 1.99. The monoisotopic (exact) mass is 190 g/mol. The minimum atomic E-state index is 0.0188. The quantitative estimate of drug-likeness (QED) is 0.618. The van der Waals surface area contributed by atoms with Gasteiger partial charge in [-0.05, 0) is 31.3 Å². The second kappa shape index (κ2) is 4.41. The van der Waals surface area contributed by atoms with Crippen molar-refractivity contribution in [3.8, 4) is 0 Å². The summed E-state index contributed by atoms with van der Waals surface area (Å²) in [7, 11) is 0. The smallest absolute Gasteiger partial charge is 0.129 e. The lowest BCUT2D eigenvalue weighted by Gasteiger charge is -2.14. The minimum absolute atomic E-state index is 0.0188. The first-order valence-corrected chi connectivity index (χ1v) is 5.31. The number of hydrogen-bond donors (Lipinski definition) is 0. The largest absolute Gasteiger partial charge is 0.206 e. The van der Waals surface area contributed by atoms with Gasteiger partial charge in [0.2, 0.25) is 0 Å². The van der Waals surface area contributed by atoms with E-state index in [1.807, 2.05) is 30.3 Å². The van der Waals surface area contributed by atoms with Gasteiger partial charge in [0.25, 0.3) is 0 Å². The molecule has 1 heteroatoms. The van der Waals surface area contributed by atoms with Crippen LogP contribution in [0.5, 0.6) is 0 Å². The maximum atomic E-state index is 13.9. The van der Waals surface area contributed by atoms with Crippen molar-refractivity contribution in [3.63, 3.8) is 0 Å². The highest BCUT2D eigenvalue weighted by atomic mass is 19.1. The molecule has 0 N–H and O–H groups in total. The predicted molar refractivity (Wildman–Crippen MR) is 57.6 cm³/mol.